The molecule has 2 N–H and O–H groups in total. The Kier molecular flexibility index (Phi) is 5.24. The van der Waals surface area contributed by atoms with Crippen molar-refractivity contribution in [1.29, 1.82) is 0 Å². The van der Waals surface area contributed by atoms with Gasteiger partial charge in [0.1, 0.15) is 19.7 Å². The zero-order chi connectivity index (χ0) is 18.8. The maximum Gasteiger partial charge on any atom is 0.159 e. The van der Waals surface area contributed by atoms with E-state index in [1.54, 1.807) is 24.7 Å². The lowest BCUT2D eigenvalue weighted by Gasteiger charge is -2.05. The Labute approximate surface area is 167 Å². The van der Waals surface area contributed by atoms with Gasteiger partial charge in [0.25, 0.3) is 0 Å². The summed E-state index contributed by atoms with van der Waals surface area (Å²) in [5.41, 5.74) is 8.48. The van der Waals surface area contributed by atoms with Gasteiger partial charge in [-0.2, -0.15) is 0 Å². The third-order valence-electron chi connectivity index (χ3n) is 4.01. The minimum atomic E-state index is -1.14. The lowest BCUT2D eigenvalue weighted by atomic mass is 10.1. The Balaban J connectivity index is 1.95. The quantitative estimate of drug-likeness (QED) is 0.502. The van der Waals surface area contributed by atoms with Crippen LogP contribution in [0.3, 0.4) is 0 Å². The number of rotatable bonds is 6. The summed E-state index contributed by atoms with van der Waals surface area (Å²) in [6.07, 6.45) is 7.03. The Morgan fingerprint density at radius 2 is 2.00 bits per heavy atom. The highest BCUT2D eigenvalue weighted by Crippen LogP contribution is 2.42. The predicted octanol–water partition coefficient (Wildman–Crippen LogP) is 4.37. The van der Waals surface area contributed by atoms with Crippen molar-refractivity contribution < 1.29 is 4.21 Å². The SMILES string of the molecule is CCCCS(=O)c1sc2nc(-c3nccs3)cc(-c3ncccn3)c2c1N. The molecule has 0 saturated heterocycles. The topological polar surface area (TPSA) is 94.6 Å². The Morgan fingerprint density at radius 3 is 2.70 bits per heavy atom. The standard InChI is InChI=1S/C18H17N5OS3/c1-2-3-9-27(24)18-14(19)13-11(15-20-5-4-6-21-15)10-12(23-17(13)26-18)16-22-7-8-25-16/h4-8,10H,2-3,9,19H2,1H3. The minimum absolute atomic E-state index is 0.519. The van der Waals surface area contributed by atoms with E-state index in [0.717, 1.165) is 39.3 Å². The van der Waals surface area contributed by atoms with Crippen molar-refractivity contribution in [1.82, 2.24) is 19.9 Å². The maximum absolute atomic E-state index is 12.7. The van der Waals surface area contributed by atoms with Crippen LogP contribution in [0.1, 0.15) is 19.8 Å². The van der Waals surface area contributed by atoms with E-state index >= 15 is 0 Å². The molecule has 0 bridgehead atoms. The van der Waals surface area contributed by atoms with Crippen LogP contribution in [0, 0.1) is 0 Å². The molecular weight excluding hydrogens is 398 g/mol. The summed E-state index contributed by atoms with van der Waals surface area (Å²) in [4.78, 5) is 18.6. The van der Waals surface area contributed by atoms with Crippen molar-refractivity contribution >= 4 is 49.4 Å². The van der Waals surface area contributed by atoms with Crippen molar-refractivity contribution in [3.05, 3.63) is 36.1 Å². The number of aromatic nitrogens is 4. The summed E-state index contributed by atoms with van der Waals surface area (Å²) in [6.45, 7) is 2.08. The average molecular weight is 416 g/mol. The molecule has 0 spiro atoms. The molecule has 1 atom stereocenters. The van der Waals surface area contributed by atoms with Gasteiger partial charge in [-0.25, -0.2) is 19.9 Å². The van der Waals surface area contributed by atoms with Crippen LogP contribution in [0.4, 0.5) is 5.69 Å². The first-order chi connectivity index (χ1) is 13.2. The lowest BCUT2D eigenvalue weighted by molar-refractivity contribution is 0.681. The molecule has 27 heavy (non-hydrogen) atoms. The molecule has 4 aromatic rings. The average Bonchev–Trinajstić information content (AvgIpc) is 3.35. The number of pyridine rings is 1. The summed E-state index contributed by atoms with van der Waals surface area (Å²) >= 11 is 2.90. The van der Waals surface area contributed by atoms with E-state index in [1.165, 1.54) is 22.7 Å². The van der Waals surface area contributed by atoms with Gasteiger partial charge in [0.15, 0.2) is 5.82 Å². The van der Waals surface area contributed by atoms with Gasteiger partial charge >= 0.3 is 0 Å². The van der Waals surface area contributed by atoms with Crippen LogP contribution in [0.2, 0.25) is 0 Å². The molecule has 9 heteroatoms. The monoisotopic (exact) mass is 415 g/mol. The van der Waals surface area contributed by atoms with Crippen LogP contribution in [0.5, 0.6) is 0 Å². The van der Waals surface area contributed by atoms with Crippen molar-refractivity contribution in [3.63, 3.8) is 0 Å². The molecule has 0 saturated carbocycles. The predicted molar refractivity (Wildman–Crippen MR) is 112 cm³/mol. The molecule has 1 unspecified atom stereocenters. The van der Waals surface area contributed by atoms with E-state index in [1.807, 2.05) is 11.4 Å². The first-order valence-corrected chi connectivity index (χ1v) is 11.5. The van der Waals surface area contributed by atoms with Crippen LogP contribution >= 0.6 is 22.7 Å². The number of unbranched alkanes of at least 4 members (excludes halogenated alkanes) is 1. The highest BCUT2D eigenvalue weighted by Gasteiger charge is 2.22. The molecule has 0 amide bonds. The fraction of sp³-hybridized carbons (Fsp3) is 0.222. The van der Waals surface area contributed by atoms with E-state index in [2.05, 4.69) is 21.9 Å². The number of thiophene rings is 1. The van der Waals surface area contributed by atoms with E-state index in [9.17, 15) is 4.21 Å². The Bertz CT molecular complexity index is 1090. The Hall–Kier alpha value is -2.23. The second-order valence-electron chi connectivity index (χ2n) is 5.85. The number of nitrogen functional groups attached to an aromatic ring is 1. The van der Waals surface area contributed by atoms with Crippen LogP contribution < -0.4 is 5.73 Å². The van der Waals surface area contributed by atoms with Gasteiger partial charge in [-0.15, -0.1) is 22.7 Å². The summed E-state index contributed by atoms with van der Waals surface area (Å²) in [5.74, 6) is 1.17. The van der Waals surface area contributed by atoms with Gasteiger partial charge in [-0.1, -0.05) is 13.3 Å². The lowest BCUT2D eigenvalue weighted by Crippen LogP contribution is -1.99. The first-order valence-electron chi connectivity index (χ1n) is 8.47. The number of anilines is 1. The molecule has 4 heterocycles. The summed E-state index contributed by atoms with van der Waals surface area (Å²) in [6, 6.07) is 3.68. The van der Waals surface area contributed by atoms with E-state index < -0.39 is 10.8 Å². The smallest absolute Gasteiger partial charge is 0.159 e. The Morgan fingerprint density at radius 1 is 1.19 bits per heavy atom. The minimum Gasteiger partial charge on any atom is -0.396 e. The summed E-state index contributed by atoms with van der Waals surface area (Å²) in [5, 5.41) is 3.49. The fourth-order valence-corrected chi connectivity index (χ4v) is 6.11. The summed E-state index contributed by atoms with van der Waals surface area (Å²) in [7, 11) is -1.14. The van der Waals surface area contributed by atoms with E-state index in [-0.39, 0.29) is 0 Å². The molecule has 0 fully saturated rings. The third kappa shape index (κ3) is 3.50. The largest absolute Gasteiger partial charge is 0.396 e. The fourth-order valence-electron chi connectivity index (χ4n) is 2.71. The van der Waals surface area contributed by atoms with Gasteiger partial charge in [0, 0.05) is 40.7 Å². The van der Waals surface area contributed by atoms with Gasteiger partial charge in [-0.05, 0) is 18.6 Å². The first kappa shape index (κ1) is 18.1. The van der Waals surface area contributed by atoms with Crippen LogP contribution in [0.15, 0.2) is 40.3 Å². The van der Waals surface area contributed by atoms with Crippen LogP contribution in [-0.2, 0) is 10.8 Å². The molecule has 0 radical (unpaired) electrons. The highest BCUT2D eigenvalue weighted by molar-refractivity contribution is 7.87. The van der Waals surface area contributed by atoms with Crippen molar-refractivity contribution in [2.45, 2.75) is 24.0 Å². The van der Waals surface area contributed by atoms with Crippen LogP contribution in [-0.4, -0.2) is 29.9 Å². The van der Waals surface area contributed by atoms with Crippen LogP contribution in [0.25, 0.3) is 32.3 Å². The van der Waals surface area contributed by atoms with Gasteiger partial charge in [0.2, 0.25) is 0 Å². The molecule has 0 aromatic carbocycles. The number of hydrogen-bond donors (Lipinski definition) is 1. The summed E-state index contributed by atoms with van der Waals surface area (Å²) < 4.78 is 13.4. The third-order valence-corrected chi connectivity index (χ3v) is 7.80. The molecular formula is C18H17N5OS3. The molecule has 4 aromatic heterocycles. The molecule has 4 rings (SSSR count). The second-order valence-corrected chi connectivity index (χ2v) is 9.51. The normalized spacial score (nSPS) is 12.5. The highest BCUT2D eigenvalue weighted by atomic mass is 32.2. The maximum atomic E-state index is 12.7. The van der Waals surface area contributed by atoms with E-state index in [0.29, 0.717) is 21.5 Å². The number of nitrogens with zero attached hydrogens (tertiary/aromatic N) is 4. The molecule has 6 nitrogen and oxygen atoms in total. The zero-order valence-electron chi connectivity index (χ0n) is 14.6. The van der Waals surface area contributed by atoms with Gasteiger partial charge < -0.3 is 5.73 Å². The van der Waals surface area contributed by atoms with E-state index in [4.69, 9.17) is 10.7 Å². The van der Waals surface area contributed by atoms with Crippen molar-refractivity contribution in [2.24, 2.45) is 0 Å². The zero-order valence-corrected chi connectivity index (χ0v) is 17.0. The molecule has 0 aliphatic heterocycles. The number of fused-ring (bicyclic) bond motifs is 1. The van der Waals surface area contributed by atoms with Crippen molar-refractivity contribution in [3.8, 4) is 22.1 Å². The van der Waals surface area contributed by atoms with Gasteiger partial charge in [0.05, 0.1) is 16.5 Å². The molecule has 138 valence electrons. The second kappa shape index (κ2) is 7.79. The number of hydrogen-bond acceptors (Lipinski definition) is 8. The number of thiazole rings is 1. The van der Waals surface area contributed by atoms with Crippen molar-refractivity contribution in [2.75, 3.05) is 11.5 Å². The van der Waals surface area contributed by atoms with Gasteiger partial charge in [-0.3, -0.25) is 4.21 Å². The molecule has 0 aliphatic rings. The number of nitrogens with two attached hydrogens (primary N) is 1. The molecule has 0 aliphatic carbocycles.